The SMILES string of the molecule is O=C(Nn1cnc2c1CCCC2)c1ccccn1. The minimum absolute atomic E-state index is 0.207. The number of carbonyl (C=O) groups excluding carboxylic acids is 1. The molecule has 0 unspecified atom stereocenters. The highest BCUT2D eigenvalue weighted by atomic mass is 16.2. The Morgan fingerprint density at radius 3 is 2.94 bits per heavy atom. The van der Waals surface area contributed by atoms with Gasteiger partial charge in [-0.15, -0.1) is 0 Å². The highest BCUT2D eigenvalue weighted by Crippen LogP contribution is 2.18. The highest BCUT2D eigenvalue weighted by Gasteiger charge is 2.17. The first kappa shape index (κ1) is 11.0. The molecule has 2 aromatic heterocycles. The van der Waals surface area contributed by atoms with Crippen LogP contribution in [0.25, 0.3) is 0 Å². The number of aromatic nitrogens is 3. The molecule has 0 aliphatic heterocycles. The Morgan fingerprint density at radius 1 is 1.22 bits per heavy atom. The van der Waals surface area contributed by atoms with Crippen molar-refractivity contribution in [2.75, 3.05) is 5.43 Å². The number of imidazole rings is 1. The Morgan fingerprint density at radius 2 is 2.11 bits per heavy atom. The molecule has 0 bridgehead atoms. The molecule has 0 saturated carbocycles. The van der Waals surface area contributed by atoms with Crippen molar-refractivity contribution in [3.8, 4) is 0 Å². The van der Waals surface area contributed by atoms with Gasteiger partial charge in [0.15, 0.2) is 0 Å². The van der Waals surface area contributed by atoms with Crippen LogP contribution in [0.2, 0.25) is 0 Å². The summed E-state index contributed by atoms with van der Waals surface area (Å²) in [6.07, 6.45) is 7.59. The predicted molar refractivity (Wildman–Crippen MR) is 66.8 cm³/mol. The molecule has 0 radical (unpaired) electrons. The van der Waals surface area contributed by atoms with E-state index < -0.39 is 0 Å². The van der Waals surface area contributed by atoms with Crippen molar-refractivity contribution >= 4 is 5.91 Å². The predicted octanol–water partition coefficient (Wildman–Crippen LogP) is 1.54. The van der Waals surface area contributed by atoms with E-state index in [0.29, 0.717) is 5.69 Å². The number of rotatable bonds is 2. The zero-order chi connectivity index (χ0) is 12.4. The minimum atomic E-state index is -0.207. The van der Waals surface area contributed by atoms with E-state index in [1.807, 2.05) is 0 Å². The maximum atomic E-state index is 12.0. The fourth-order valence-corrected chi connectivity index (χ4v) is 2.23. The van der Waals surface area contributed by atoms with E-state index in [1.54, 1.807) is 35.4 Å². The first-order valence-electron chi connectivity index (χ1n) is 6.12. The average Bonchev–Trinajstić information content (AvgIpc) is 2.83. The second kappa shape index (κ2) is 4.60. The minimum Gasteiger partial charge on any atom is -0.266 e. The topological polar surface area (TPSA) is 59.8 Å². The number of nitrogens with zero attached hydrogens (tertiary/aromatic N) is 3. The van der Waals surface area contributed by atoms with E-state index in [1.165, 1.54) is 6.42 Å². The monoisotopic (exact) mass is 242 g/mol. The number of pyridine rings is 1. The van der Waals surface area contributed by atoms with Gasteiger partial charge in [0.1, 0.15) is 12.0 Å². The summed E-state index contributed by atoms with van der Waals surface area (Å²) in [7, 11) is 0. The van der Waals surface area contributed by atoms with E-state index >= 15 is 0 Å². The smallest absolute Gasteiger partial charge is 0.266 e. The molecule has 0 atom stereocenters. The summed E-state index contributed by atoms with van der Waals surface area (Å²) in [5, 5.41) is 0. The molecule has 2 heterocycles. The van der Waals surface area contributed by atoms with Crippen LogP contribution in [0.4, 0.5) is 0 Å². The third-order valence-electron chi connectivity index (χ3n) is 3.15. The van der Waals surface area contributed by atoms with E-state index in [-0.39, 0.29) is 5.91 Å². The summed E-state index contributed by atoms with van der Waals surface area (Å²) in [4.78, 5) is 20.3. The zero-order valence-electron chi connectivity index (χ0n) is 9.97. The molecule has 3 rings (SSSR count). The molecule has 0 aromatic carbocycles. The summed E-state index contributed by atoms with van der Waals surface area (Å²) < 4.78 is 1.73. The standard InChI is InChI=1S/C13H14N4O/c18-13(11-6-3-4-8-14-11)16-17-9-15-10-5-1-2-7-12(10)17/h3-4,6,8-9H,1-2,5,7H2,(H,16,18). The van der Waals surface area contributed by atoms with Crippen molar-refractivity contribution in [1.29, 1.82) is 0 Å². The Bertz CT molecular complexity index is 562. The van der Waals surface area contributed by atoms with Gasteiger partial charge in [0.05, 0.1) is 11.4 Å². The van der Waals surface area contributed by atoms with Gasteiger partial charge < -0.3 is 0 Å². The molecular formula is C13H14N4O. The third kappa shape index (κ3) is 1.99. The summed E-state index contributed by atoms with van der Waals surface area (Å²) in [5.74, 6) is -0.207. The Balaban J connectivity index is 1.81. The van der Waals surface area contributed by atoms with Gasteiger partial charge in [-0.05, 0) is 37.8 Å². The summed E-state index contributed by atoms with van der Waals surface area (Å²) in [5.41, 5.74) is 5.45. The van der Waals surface area contributed by atoms with Crippen LogP contribution in [0.3, 0.4) is 0 Å². The Kier molecular flexibility index (Phi) is 2.80. The fraction of sp³-hybridized carbons (Fsp3) is 0.308. The van der Waals surface area contributed by atoms with Crippen molar-refractivity contribution in [3.05, 3.63) is 47.8 Å². The van der Waals surface area contributed by atoms with E-state index in [4.69, 9.17) is 0 Å². The van der Waals surface area contributed by atoms with Gasteiger partial charge >= 0.3 is 0 Å². The molecule has 1 aliphatic rings. The molecule has 5 nitrogen and oxygen atoms in total. The number of fused-ring (bicyclic) bond motifs is 1. The molecule has 1 aliphatic carbocycles. The van der Waals surface area contributed by atoms with Crippen LogP contribution in [-0.4, -0.2) is 20.6 Å². The Hall–Kier alpha value is -2.17. The summed E-state index contributed by atoms with van der Waals surface area (Å²) in [6, 6.07) is 5.28. The number of hydrogen-bond donors (Lipinski definition) is 1. The molecule has 0 spiro atoms. The lowest BCUT2D eigenvalue weighted by molar-refractivity contribution is 0.100. The normalized spacial score (nSPS) is 14.0. The first-order valence-corrected chi connectivity index (χ1v) is 6.12. The number of carbonyl (C=O) groups is 1. The van der Waals surface area contributed by atoms with Gasteiger partial charge in [-0.25, -0.2) is 9.66 Å². The van der Waals surface area contributed by atoms with Gasteiger partial charge in [-0.1, -0.05) is 6.07 Å². The van der Waals surface area contributed by atoms with Gasteiger partial charge in [0.25, 0.3) is 5.91 Å². The number of aryl methyl sites for hydroxylation is 1. The number of nitrogens with one attached hydrogen (secondary N) is 1. The van der Waals surface area contributed by atoms with E-state index in [0.717, 1.165) is 30.7 Å². The van der Waals surface area contributed by atoms with Crippen molar-refractivity contribution in [2.45, 2.75) is 25.7 Å². The molecule has 5 heteroatoms. The van der Waals surface area contributed by atoms with Crippen LogP contribution in [0.15, 0.2) is 30.7 Å². The van der Waals surface area contributed by atoms with Crippen LogP contribution in [0, 0.1) is 0 Å². The van der Waals surface area contributed by atoms with E-state index in [9.17, 15) is 4.79 Å². The molecule has 2 aromatic rings. The highest BCUT2D eigenvalue weighted by molar-refractivity contribution is 5.98. The van der Waals surface area contributed by atoms with Crippen LogP contribution >= 0.6 is 0 Å². The molecule has 92 valence electrons. The number of amides is 1. The van der Waals surface area contributed by atoms with Gasteiger partial charge in [0.2, 0.25) is 0 Å². The second-order valence-corrected chi connectivity index (χ2v) is 4.37. The largest absolute Gasteiger partial charge is 0.288 e. The molecule has 0 fully saturated rings. The fourth-order valence-electron chi connectivity index (χ4n) is 2.23. The third-order valence-corrected chi connectivity index (χ3v) is 3.15. The van der Waals surface area contributed by atoms with Crippen molar-refractivity contribution in [3.63, 3.8) is 0 Å². The molecule has 1 amide bonds. The summed E-state index contributed by atoms with van der Waals surface area (Å²) >= 11 is 0. The average molecular weight is 242 g/mol. The first-order chi connectivity index (χ1) is 8.84. The lowest BCUT2D eigenvalue weighted by Crippen LogP contribution is -2.25. The van der Waals surface area contributed by atoms with Crippen molar-refractivity contribution in [2.24, 2.45) is 0 Å². The quantitative estimate of drug-likeness (QED) is 0.869. The lowest BCUT2D eigenvalue weighted by Gasteiger charge is -2.14. The van der Waals surface area contributed by atoms with Crippen LogP contribution in [-0.2, 0) is 12.8 Å². The molecular weight excluding hydrogens is 228 g/mol. The molecule has 1 N–H and O–H groups in total. The molecule has 18 heavy (non-hydrogen) atoms. The van der Waals surface area contributed by atoms with Gasteiger partial charge in [-0.2, -0.15) is 0 Å². The van der Waals surface area contributed by atoms with Crippen LogP contribution in [0.5, 0.6) is 0 Å². The van der Waals surface area contributed by atoms with Crippen LogP contribution in [0.1, 0.15) is 34.7 Å². The summed E-state index contributed by atoms with van der Waals surface area (Å²) in [6.45, 7) is 0. The Labute approximate surface area is 105 Å². The van der Waals surface area contributed by atoms with E-state index in [2.05, 4.69) is 15.4 Å². The van der Waals surface area contributed by atoms with Crippen LogP contribution < -0.4 is 5.43 Å². The van der Waals surface area contributed by atoms with Gasteiger partial charge in [0, 0.05) is 6.20 Å². The zero-order valence-corrected chi connectivity index (χ0v) is 9.97. The van der Waals surface area contributed by atoms with Gasteiger partial charge in [-0.3, -0.25) is 15.2 Å². The second-order valence-electron chi connectivity index (χ2n) is 4.37. The maximum Gasteiger partial charge on any atom is 0.288 e. The number of hydrogen-bond acceptors (Lipinski definition) is 3. The lowest BCUT2D eigenvalue weighted by atomic mass is 10.0. The maximum absolute atomic E-state index is 12.0. The van der Waals surface area contributed by atoms with Crippen molar-refractivity contribution < 1.29 is 4.79 Å². The van der Waals surface area contributed by atoms with Crippen molar-refractivity contribution in [1.82, 2.24) is 14.6 Å². The molecule has 0 saturated heterocycles.